The van der Waals surface area contributed by atoms with Gasteiger partial charge in [0.2, 0.25) is 5.91 Å². The molecule has 144 valence electrons. The van der Waals surface area contributed by atoms with E-state index < -0.39 is 0 Å². The number of amides is 1. The van der Waals surface area contributed by atoms with E-state index >= 15 is 0 Å². The van der Waals surface area contributed by atoms with E-state index in [1.54, 1.807) is 11.3 Å². The third kappa shape index (κ3) is 3.39. The number of nitrogens with one attached hydrogen (secondary N) is 1. The van der Waals surface area contributed by atoms with Crippen LogP contribution in [0.15, 0.2) is 71.1 Å². The molecule has 5 aromatic rings. The van der Waals surface area contributed by atoms with Crippen molar-refractivity contribution in [3.8, 4) is 0 Å². The van der Waals surface area contributed by atoms with Gasteiger partial charge in [0.05, 0.1) is 16.0 Å². The minimum absolute atomic E-state index is 0.0205. The first-order valence-electron chi connectivity index (χ1n) is 9.52. The molecule has 0 saturated carbocycles. The molecule has 0 aliphatic rings. The number of thiazole rings is 1. The van der Waals surface area contributed by atoms with E-state index in [-0.39, 0.29) is 5.91 Å². The fourth-order valence-electron chi connectivity index (χ4n) is 3.71. The van der Waals surface area contributed by atoms with Gasteiger partial charge in [-0.1, -0.05) is 42.1 Å². The maximum absolute atomic E-state index is 12.5. The van der Waals surface area contributed by atoms with Crippen molar-refractivity contribution in [3.05, 3.63) is 66.7 Å². The lowest BCUT2D eigenvalue weighted by Gasteiger charge is -2.06. The summed E-state index contributed by atoms with van der Waals surface area (Å²) >= 11 is 3.10. The van der Waals surface area contributed by atoms with E-state index in [9.17, 15) is 4.79 Å². The summed E-state index contributed by atoms with van der Waals surface area (Å²) in [5.41, 5.74) is 4.22. The number of fused-ring (bicyclic) bond motifs is 4. The minimum Gasteiger partial charge on any atom is -0.341 e. The molecule has 0 bridgehead atoms. The minimum atomic E-state index is -0.0205. The van der Waals surface area contributed by atoms with Crippen molar-refractivity contribution in [1.29, 1.82) is 0 Å². The first kappa shape index (κ1) is 18.2. The average molecular weight is 418 g/mol. The Hall–Kier alpha value is -2.83. The van der Waals surface area contributed by atoms with E-state index in [2.05, 4.69) is 64.3 Å². The molecule has 3 aromatic carbocycles. The van der Waals surface area contributed by atoms with E-state index in [1.807, 2.05) is 24.3 Å². The molecule has 1 amide bonds. The molecule has 4 nitrogen and oxygen atoms in total. The molecule has 2 aromatic heterocycles. The second-order valence-corrected chi connectivity index (χ2v) is 9.03. The number of hydrogen-bond donors (Lipinski definition) is 1. The molecule has 29 heavy (non-hydrogen) atoms. The highest BCUT2D eigenvalue weighted by Gasteiger charge is 2.12. The molecule has 0 spiro atoms. The number of rotatable bonds is 5. The van der Waals surface area contributed by atoms with Gasteiger partial charge in [0.15, 0.2) is 4.34 Å². The lowest BCUT2D eigenvalue weighted by molar-refractivity contribution is -0.113. The van der Waals surface area contributed by atoms with Gasteiger partial charge in [0.1, 0.15) is 0 Å². The number of carbonyl (C=O) groups excluding carboxylic acids is 1. The Morgan fingerprint density at radius 3 is 2.69 bits per heavy atom. The predicted octanol–water partition coefficient (Wildman–Crippen LogP) is 6.15. The molecule has 1 N–H and O–H groups in total. The van der Waals surface area contributed by atoms with Crippen LogP contribution in [0.2, 0.25) is 0 Å². The summed E-state index contributed by atoms with van der Waals surface area (Å²) in [7, 11) is 0. The van der Waals surface area contributed by atoms with Crippen LogP contribution in [0.25, 0.3) is 32.0 Å². The monoisotopic (exact) mass is 417 g/mol. The van der Waals surface area contributed by atoms with Crippen LogP contribution in [-0.4, -0.2) is 21.2 Å². The maximum Gasteiger partial charge on any atom is 0.234 e. The fraction of sp³-hybridized carbons (Fsp3) is 0.130. The Morgan fingerprint density at radius 1 is 1.03 bits per heavy atom. The van der Waals surface area contributed by atoms with Crippen molar-refractivity contribution in [2.75, 3.05) is 11.1 Å². The molecule has 0 radical (unpaired) electrons. The number of anilines is 1. The topological polar surface area (TPSA) is 46.9 Å². The van der Waals surface area contributed by atoms with Crippen molar-refractivity contribution < 1.29 is 4.79 Å². The SMILES string of the molecule is CCn1c2ccccc2c2cc(NC(=O)CSc3nc4ccccc4s3)ccc21. The Morgan fingerprint density at radius 2 is 1.83 bits per heavy atom. The summed E-state index contributed by atoms with van der Waals surface area (Å²) in [5.74, 6) is 0.321. The Labute approximate surface area is 176 Å². The number of aryl methyl sites for hydroxylation is 1. The highest BCUT2D eigenvalue weighted by atomic mass is 32.2. The molecular weight excluding hydrogens is 398 g/mol. The van der Waals surface area contributed by atoms with Crippen LogP contribution in [0, 0.1) is 0 Å². The van der Waals surface area contributed by atoms with E-state index in [1.165, 1.54) is 33.6 Å². The highest BCUT2D eigenvalue weighted by molar-refractivity contribution is 8.01. The first-order chi connectivity index (χ1) is 14.2. The second-order valence-electron chi connectivity index (χ2n) is 6.78. The summed E-state index contributed by atoms with van der Waals surface area (Å²) in [4.78, 5) is 17.1. The van der Waals surface area contributed by atoms with Crippen molar-refractivity contribution in [3.63, 3.8) is 0 Å². The van der Waals surface area contributed by atoms with Gasteiger partial charge in [0.25, 0.3) is 0 Å². The van der Waals surface area contributed by atoms with Crippen LogP contribution in [0.5, 0.6) is 0 Å². The Kier molecular flexibility index (Phi) is 4.73. The van der Waals surface area contributed by atoms with Crippen LogP contribution in [-0.2, 0) is 11.3 Å². The van der Waals surface area contributed by atoms with Crippen LogP contribution < -0.4 is 5.32 Å². The fourth-order valence-corrected chi connectivity index (χ4v) is 5.58. The van der Waals surface area contributed by atoms with E-state index in [0.29, 0.717) is 5.75 Å². The summed E-state index contributed by atoms with van der Waals surface area (Å²) in [6.45, 7) is 3.06. The zero-order valence-corrected chi connectivity index (χ0v) is 17.5. The standard InChI is InChI=1S/C23H19N3OS2/c1-2-26-19-9-5-3-7-16(19)17-13-15(11-12-20(17)26)24-22(27)14-28-23-25-18-8-4-6-10-21(18)29-23/h3-13H,2,14H2,1H3,(H,24,27). The summed E-state index contributed by atoms with van der Waals surface area (Å²) in [6.07, 6.45) is 0. The van der Waals surface area contributed by atoms with Crippen molar-refractivity contribution in [2.45, 2.75) is 17.8 Å². The number of hydrogen-bond acceptors (Lipinski definition) is 4. The molecule has 0 fully saturated rings. The van der Waals surface area contributed by atoms with Gasteiger partial charge in [-0.3, -0.25) is 4.79 Å². The van der Waals surface area contributed by atoms with E-state index in [0.717, 1.165) is 26.8 Å². The summed E-state index contributed by atoms with van der Waals surface area (Å²) < 4.78 is 4.37. The molecule has 5 rings (SSSR count). The van der Waals surface area contributed by atoms with Crippen LogP contribution in [0.4, 0.5) is 5.69 Å². The van der Waals surface area contributed by atoms with Crippen LogP contribution >= 0.6 is 23.1 Å². The van der Waals surface area contributed by atoms with Gasteiger partial charge >= 0.3 is 0 Å². The van der Waals surface area contributed by atoms with Crippen LogP contribution in [0.3, 0.4) is 0 Å². The summed E-state index contributed by atoms with van der Waals surface area (Å²) in [6, 6.07) is 22.6. The van der Waals surface area contributed by atoms with Crippen molar-refractivity contribution in [1.82, 2.24) is 9.55 Å². The smallest absolute Gasteiger partial charge is 0.234 e. The number of aromatic nitrogens is 2. The Balaban J connectivity index is 1.35. The maximum atomic E-state index is 12.5. The molecule has 0 atom stereocenters. The molecule has 6 heteroatoms. The normalized spacial score (nSPS) is 11.5. The highest BCUT2D eigenvalue weighted by Crippen LogP contribution is 2.32. The molecule has 0 unspecified atom stereocenters. The first-order valence-corrected chi connectivity index (χ1v) is 11.3. The van der Waals surface area contributed by atoms with Gasteiger partial charge in [-0.2, -0.15) is 0 Å². The average Bonchev–Trinajstić information content (AvgIpc) is 3.30. The summed E-state index contributed by atoms with van der Waals surface area (Å²) in [5, 5.41) is 5.42. The second kappa shape index (κ2) is 7.54. The quantitative estimate of drug-likeness (QED) is 0.349. The molecule has 0 saturated heterocycles. The van der Waals surface area contributed by atoms with Crippen molar-refractivity contribution in [2.24, 2.45) is 0 Å². The zero-order chi connectivity index (χ0) is 19.8. The number of nitrogens with zero attached hydrogens (tertiary/aromatic N) is 2. The number of para-hydroxylation sites is 2. The zero-order valence-electron chi connectivity index (χ0n) is 15.9. The molecule has 2 heterocycles. The van der Waals surface area contributed by atoms with Gasteiger partial charge in [-0.05, 0) is 43.3 Å². The van der Waals surface area contributed by atoms with Gasteiger partial charge in [-0.15, -0.1) is 11.3 Å². The molecule has 0 aliphatic heterocycles. The van der Waals surface area contributed by atoms with E-state index in [4.69, 9.17) is 0 Å². The molecular formula is C23H19N3OS2. The Bertz CT molecular complexity index is 1320. The van der Waals surface area contributed by atoms with Gasteiger partial charge in [-0.25, -0.2) is 4.98 Å². The molecule has 0 aliphatic carbocycles. The number of thioether (sulfide) groups is 1. The van der Waals surface area contributed by atoms with Crippen LogP contribution in [0.1, 0.15) is 6.92 Å². The van der Waals surface area contributed by atoms with Crippen molar-refractivity contribution >= 4 is 66.7 Å². The number of benzene rings is 3. The van der Waals surface area contributed by atoms with Gasteiger partial charge < -0.3 is 9.88 Å². The third-order valence-corrected chi connectivity index (χ3v) is 7.15. The van der Waals surface area contributed by atoms with Gasteiger partial charge in [0, 0.05) is 34.0 Å². The largest absolute Gasteiger partial charge is 0.341 e. The lowest BCUT2D eigenvalue weighted by atomic mass is 10.1. The third-order valence-electron chi connectivity index (χ3n) is 4.97. The predicted molar refractivity (Wildman–Crippen MR) is 124 cm³/mol. The number of carbonyl (C=O) groups is 1. The lowest BCUT2D eigenvalue weighted by Crippen LogP contribution is -2.13.